The molecule has 1 aromatic carbocycles. The van der Waals surface area contributed by atoms with Crippen molar-refractivity contribution in [3.8, 4) is 0 Å². The molecule has 0 saturated heterocycles. The maximum atomic E-state index is 14.0. The van der Waals surface area contributed by atoms with Gasteiger partial charge in [-0.25, -0.2) is 9.38 Å². The van der Waals surface area contributed by atoms with Crippen LogP contribution in [0.15, 0.2) is 23.2 Å². The van der Waals surface area contributed by atoms with Crippen molar-refractivity contribution in [1.82, 2.24) is 15.5 Å². The molecule has 0 bridgehead atoms. The largest absolute Gasteiger partial charge is 0.385 e. The van der Waals surface area contributed by atoms with E-state index in [1.54, 1.807) is 7.11 Å². The Hall–Kier alpha value is -1.66. The molecule has 2 rings (SSSR count). The fourth-order valence-electron chi connectivity index (χ4n) is 3.48. The van der Waals surface area contributed by atoms with Gasteiger partial charge in [-0.05, 0) is 63.4 Å². The minimum absolute atomic E-state index is 0.161. The number of ether oxygens (including phenoxy) is 1. The van der Waals surface area contributed by atoms with Crippen molar-refractivity contribution in [2.24, 2.45) is 10.4 Å². The zero-order chi connectivity index (χ0) is 19.7. The Labute approximate surface area is 163 Å². The second-order valence-corrected chi connectivity index (χ2v) is 7.81. The summed E-state index contributed by atoms with van der Waals surface area (Å²) < 4.78 is 19.2. The van der Waals surface area contributed by atoms with Crippen LogP contribution in [-0.2, 0) is 17.8 Å². The second kappa shape index (κ2) is 10.6. The second-order valence-electron chi connectivity index (χ2n) is 7.81. The van der Waals surface area contributed by atoms with Crippen LogP contribution in [0.1, 0.15) is 43.7 Å². The summed E-state index contributed by atoms with van der Waals surface area (Å²) in [5.74, 6) is 0.659. The number of nitrogens with zero attached hydrogens (tertiary/aromatic N) is 2. The summed E-state index contributed by atoms with van der Waals surface area (Å²) in [4.78, 5) is 6.67. The van der Waals surface area contributed by atoms with Gasteiger partial charge in [-0.3, -0.25) is 0 Å². The normalized spacial score (nSPS) is 16.3. The molecule has 1 saturated carbocycles. The fraction of sp³-hybridized carbons (Fsp3) is 0.667. The molecule has 6 heteroatoms. The molecule has 0 heterocycles. The van der Waals surface area contributed by atoms with Crippen LogP contribution in [0.4, 0.5) is 4.39 Å². The molecule has 0 spiro atoms. The van der Waals surface area contributed by atoms with Gasteiger partial charge in [0.2, 0.25) is 0 Å². The lowest BCUT2D eigenvalue weighted by atomic mass is 9.67. The lowest BCUT2D eigenvalue weighted by molar-refractivity contribution is 0.0732. The lowest BCUT2D eigenvalue weighted by Crippen LogP contribution is -2.46. The molecular formula is C21H35FN4O. The molecular weight excluding hydrogens is 343 g/mol. The summed E-state index contributed by atoms with van der Waals surface area (Å²) >= 11 is 0. The molecule has 0 atom stereocenters. The van der Waals surface area contributed by atoms with E-state index in [1.807, 2.05) is 31.1 Å². The van der Waals surface area contributed by atoms with Gasteiger partial charge in [0.1, 0.15) is 5.82 Å². The lowest BCUT2D eigenvalue weighted by Gasteiger charge is -2.42. The first-order valence-electron chi connectivity index (χ1n) is 9.91. The number of guanidine groups is 1. The monoisotopic (exact) mass is 378 g/mol. The molecule has 27 heavy (non-hydrogen) atoms. The fourth-order valence-corrected chi connectivity index (χ4v) is 3.48. The van der Waals surface area contributed by atoms with Crippen LogP contribution < -0.4 is 10.6 Å². The number of rotatable bonds is 10. The predicted molar refractivity (Wildman–Crippen MR) is 109 cm³/mol. The van der Waals surface area contributed by atoms with Crippen molar-refractivity contribution in [3.63, 3.8) is 0 Å². The first-order valence-corrected chi connectivity index (χ1v) is 9.91. The summed E-state index contributed by atoms with van der Waals surface area (Å²) in [7, 11) is 5.65. The zero-order valence-corrected chi connectivity index (χ0v) is 17.3. The molecule has 0 unspecified atom stereocenters. The van der Waals surface area contributed by atoms with Gasteiger partial charge in [-0.1, -0.05) is 12.5 Å². The van der Waals surface area contributed by atoms with E-state index < -0.39 is 0 Å². The topological polar surface area (TPSA) is 48.9 Å². The van der Waals surface area contributed by atoms with E-state index in [2.05, 4.69) is 17.6 Å². The molecule has 1 aliphatic rings. The highest BCUT2D eigenvalue weighted by Crippen LogP contribution is 2.43. The molecule has 2 N–H and O–H groups in total. The number of methoxy groups -OCH3 is 1. The Morgan fingerprint density at radius 2 is 2.07 bits per heavy atom. The van der Waals surface area contributed by atoms with Gasteiger partial charge >= 0.3 is 0 Å². The third-order valence-electron chi connectivity index (χ3n) is 5.24. The Morgan fingerprint density at radius 3 is 2.67 bits per heavy atom. The van der Waals surface area contributed by atoms with Crippen molar-refractivity contribution >= 4 is 5.96 Å². The maximum Gasteiger partial charge on any atom is 0.191 e. The smallest absolute Gasteiger partial charge is 0.191 e. The summed E-state index contributed by atoms with van der Waals surface area (Å²) in [6, 6.07) is 5.26. The number of aliphatic imine (C=N–C) groups is 1. The summed E-state index contributed by atoms with van der Waals surface area (Å²) in [5, 5.41) is 6.82. The minimum Gasteiger partial charge on any atom is -0.385 e. The van der Waals surface area contributed by atoms with Crippen LogP contribution in [0.2, 0.25) is 0 Å². The number of benzene rings is 1. The summed E-state index contributed by atoms with van der Waals surface area (Å²) in [6.07, 6.45) is 4.87. The van der Waals surface area contributed by atoms with Gasteiger partial charge in [0.25, 0.3) is 0 Å². The molecule has 1 aliphatic carbocycles. The maximum absolute atomic E-state index is 14.0. The van der Waals surface area contributed by atoms with E-state index in [4.69, 9.17) is 9.73 Å². The van der Waals surface area contributed by atoms with Crippen LogP contribution >= 0.6 is 0 Å². The third kappa shape index (κ3) is 6.78. The Bertz CT molecular complexity index is 614. The SMILES string of the molecule is CCNC(=NCc1ccc(F)c(CN(C)C)c1)NCC1(CCOC)CCC1. The average molecular weight is 379 g/mol. The van der Waals surface area contributed by atoms with Crippen molar-refractivity contribution < 1.29 is 9.13 Å². The first kappa shape index (κ1) is 21.6. The van der Waals surface area contributed by atoms with Gasteiger partial charge in [-0.15, -0.1) is 0 Å². The predicted octanol–water partition coefficient (Wildman–Crippen LogP) is 3.15. The first-order chi connectivity index (χ1) is 13.0. The molecule has 0 amide bonds. The van der Waals surface area contributed by atoms with E-state index in [0.29, 0.717) is 24.1 Å². The van der Waals surface area contributed by atoms with E-state index >= 15 is 0 Å². The number of hydrogen-bond acceptors (Lipinski definition) is 3. The van der Waals surface area contributed by atoms with E-state index in [0.717, 1.165) is 37.6 Å². The quantitative estimate of drug-likeness (QED) is 0.485. The van der Waals surface area contributed by atoms with Gasteiger partial charge < -0.3 is 20.3 Å². The van der Waals surface area contributed by atoms with Crippen LogP contribution in [0.25, 0.3) is 0 Å². The highest BCUT2D eigenvalue weighted by molar-refractivity contribution is 5.79. The Balaban J connectivity index is 1.98. The van der Waals surface area contributed by atoms with Crippen LogP contribution in [0.3, 0.4) is 0 Å². The molecule has 0 aromatic heterocycles. The van der Waals surface area contributed by atoms with Gasteiger partial charge in [0.05, 0.1) is 6.54 Å². The Morgan fingerprint density at radius 1 is 1.30 bits per heavy atom. The third-order valence-corrected chi connectivity index (χ3v) is 5.24. The standard InChI is InChI=1S/C21H35FN4O/c1-5-23-20(25-16-21(9-6-10-21)11-12-27-4)24-14-17-7-8-19(22)18(13-17)15-26(2)3/h7-8,13H,5-6,9-12,14-16H2,1-4H3,(H2,23,24,25). The van der Waals surface area contributed by atoms with Crippen molar-refractivity contribution in [2.45, 2.75) is 45.7 Å². The molecule has 1 fully saturated rings. The number of hydrogen-bond donors (Lipinski definition) is 2. The molecule has 152 valence electrons. The van der Waals surface area contributed by atoms with Crippen LogP contribution in [0, 0.1) is 11.2 Å². The number of halogens is 1. The van der Waals surface area contributed by atoms with Crippen molar-refractivity contribution in [1.29, 1.82) is 0 Å². The van der Waals surface area contributed by atoms with Crippen molar-refractivity contribution in [3.05, 3.63) is 35.1 Å². The van der Waals surface area contributed by atoms with E-state index in [-0.39, 0.29) is 5.82 Å². The molecule has 5 nitrogen and oxygen atoms in total. The zero-order valence-electron chi connectivity index (χ0n) is 17.3. The van der Waals surface area contributed by atoms with Crippen LogP contribution in [0.5, 0.6) is 0 Å². The van der Waals surface area contributed by atoms with Crippen molar-refractivity contribution in [2.75, 3.05) is 40.9 Å². The molecule has 1 aromatic rings. The highest BCUT2D eigenvalue weighted by Gasteiger charge is 2.36. The van der Waals surface area contributed by atoms with Gasteiger partial charge in [0, 0.05) is 38.9 Å². The number of nitrogens with one attached hydrogen (secondary N) is 2. The van der Waals surface area contributed by atoms with E-state index in [9.17, 15) is 4.39 Å². The van der Waals surface area contributed by atoms with Crippen LogP contribution in [-0.4, -0.2) is 51.8 Å². The molecule has 0 radical (unpaired) electrons. The Kier molecular flexibility index (Phi) is 8.51. The van der Waals surface area contributed by atoms with E-state index in [1.165, 1.54) is 25.3 Å². The summed E-state index contributed by atoms with van der Waals surface area (Å²) in [5.41, 5.74) is 2.06. The highest BCUT2D eigenvalue weighted by atomic mass is 19.1. The summed E-state index contributed by atoms with van der Waals surface area (Å²) in [6.45, 7) is 5.71. The molecule has 0 aliphatic heterocycles. The van der Waals surface area contributed by atoms with Gasteiger partial charge in [-0.2, -0.15) is 0 Å². The average Bonchev–Trinajstić information content (AvgIpc) is 2.60. The minimum atomic E-state index is -0.161. The van der Waals surface area contributed by atoms with Gasteiger partial charge in [0.15, 0.2) is 5.96 Å².